The molecule has 0 amide bonds. The smallest absolute Gasteiger partial charge is 0.198 e. The molecule has 5 rings (SSSR count). The standard InChI is InChI=1S/C30H26ClN3O2/c1-21-12-18-25(19-13-21)33-29(22(2)35)32-34(26-8-4-3-5-9-26)30(33)27-10-6-7-11-28(27)36-20-23-14-16-24(31)17-15-23/h3-19,30H,20H2,1-2H3. The second-order valence-electron chi connectivity index (χ2n) is 8.69. The van der Waals surface area contributed by atoms with Crippen molar-refractivity contribution in [3.63, 3.8) is 0 Å². The molecule has 6 heteroatoms. The third kappa shape index (κ3) is 4.83. The van der Waals surface area contributed by atoms with Gasteiger partial charge in [-0.15, -0.1) is 5.10 Å². The van der Waals surface area contributed by atoms with Crippen molar-refractivity contribution in [3.8, 4) is 5.75 Å². The van der Waals surface area contributed by atoms with Gasteiger partial charge in [0.25, 0.3) is 0 Å². The van der Waals surface area contributed by atoms with Crippen molar-refractivity contribution in [1.29, 1.82) is 0 Å². The van der Waals surface area contributed by atoms with Crippen molar-refractivity contribution in [2.75, 3.05) is 9.91 Å². The number of para-hydroxylation sites is 2. The van der Waals surface area contributed by atoms with Crippen LogP contribution in [0.25, 0.3) is 0 Å². The molecule has 180 valence electrons. The summed E-state index contributed by atoms with van der Waals surface area (Å²) in [4.78, 5) is 14.8. The summed E-state index contributed by atoms with van der Waals surface area (Å²) in [5.41, 5.74) is 4.81. The van der Waals surface area contributed by atoms with E-state index in [2.05, 4.69) is 0 Å². The van der Waals surface area contributed by atoms with E-state index in [9.17, 15) is 4.79 Å². The molecule has 36 heavy (non-hydrogen) atoms. The Kier molecular flexibility index (Phi) is 6.74. The van der Waals surface area contributed by atoms with Crippen molar-refractivity contribution in [2.45, 2.75) is 26.6 Å². The van der Waals surface area contributed by atoms with Gasteiger partial charge in [0.15, 0.2) is 17.8 Å². The highest BCUT2D eigenvalue weighted by Crippen LogP contribution is 2.42. The van der Waals surface area contributed by atoms with Crippen molar-refractivity contribution < 1.29 is 9.53 Å². The number of hydrazone groups is 1. The first kappa shape index (κ1) is 23.6. The van der Waals surface area contributed by atoms with Gasteiger partial charge in [-0.3, -0.25) is 9.69 Å². The molecule has 4 aromatic rings. The first-order chi connectivity index (χ1) is 17.5. The quantitative estimate of drug-likeness (QED) is 0.273. The number of benzene rings is 4. The molecule has 0 aliphatic carbocycles. The van der Waals surface area contributed by atoms with E-state index < -0.39 is 6.17 Å². The Morgan fingerprint density at radius 1 is 0.861 bits per heavy atom. The van der Waals surface area contributed by atoms with Gasteiger partial charge in [-0.25, -0.2) is 5.01 Å². The zero-order chi connectivity index (χ0) is 25.1. The summed E-state index contributed by atoms with van der Waals surface area (Å²) in [6, 6.07) is 33.5. The van der Waals surface area contributed by atoms with Gasteiger partial charge in [-0.1, -0.05) is 77.8 Å². The summed E-state index contributed by atoms with van der Waals surface area (Å²) in [6.07, 6.45) is -0.421. The van der Waals surface area contributed by atoms with Crippen LogP contribution in [0.1, 0.15) is 29.8 Å². The van der Waals surface area contributed by atoms with Gasteiger partial charge in [0, 0.05) is 23.2 Å². The molecule has 0 fully saturated rings. The van der Waals surface area contributed by atoms with Gasteiger partial charge >= 0.3 is 0 Å². The Labute approximate surface area is 216 Å². The SMILES string of the molecule is CC(=O)C1=NN(c2ccccc2)C(c2ccccc2OCc2ccc(Cl)cc2)N1c1ccc(C)cc1. The molecule has 0 spiro atoms. The Balaban J connectivity index is 1.60. The third-order valence-electron chi connectivity index (χ3n) is 6.06. The highest BCUT2D eigenvalue weighted by atomic mass is 35.5. The lowest BCUT2D eigenvalue weighted by molar-refractivity contribution is -0.111. The molecule has 1 unspecified atom stereocenters. The maximum atomic E-state index is 12.8. The van der Waals surface area contributed by atoms with Crippen LogP contribution in [0.5, 0.6) is 5.75 Å². The lowest BCUT2D eigenvalue weighted by Gasteiger charge is -2.33. The van der Waals surface area contributed by atoms with Gasteiger partial charge in [0.05, 0.1) is 5.69 Å². The van der Waals surface area contributed by atoms with Crippen molar-refractivity contribution in [1.82, 2.24) is 0 Å². The normalized spacial score (nSPS) is 15.1. The number of rotatable bonds is 7. The molecular weight excluding hydrogens is 470 g/mol. The number of halogens is 1. The highest BCUT2D eigenvalue weighted by Gasteiger charge is 2.40. The van der Waals surface area contributed by atoms with E-state index in [4.69, 9.17) is 21.4 Å². The first-order valence-corrected chi connectivity index (χ1v) is 12.1. The Hall–Kier alpha value is -4.09. The molecule has 0 saturated heterocycles. The summed E-state index contributed by atoms with van der Waals surface area (Å²) in [5.74, 6) is 0.981. The maximum Gasteiger partial charge on any atom is 0.198 e. The minimum absolute atomic E-state index is 0.112. The Morgan fingerprint density at radius 3 is 2.22 bits per heavy atom. The van der Waals surface area contributed by atoms with E-state index in [1.165, 1.54) is 0 Å². The average Bonchev–Trinajstić information content (AvgIpc) is 3.30. The van der Waals surface area contributed by atoms with Crippen LogP contribution in [-0.4, -0.2) is 11.6 Å². The van der Waals surface area contributed by atoms with Crippen LogP contribution in [0.4, 0.5) is 11.4 Å². The van der Waals surface area contributed by atoms with E-state index in [0.29, 0.717) is 17.5 Å². The number of aryl methyl sites for hydroxylation is 1. The molecule has 0 aromatic heterocycles. The van der Waals surface area contributed by atoms with E-state index in [1.54, 1.807) is 6.92 Å². The Morgan fingerprint density at radius 2 is 1.53 bits per heavy atom. The number of ether oxygens (including phenoxy) is 1. The topological polar surface area (TPSA) is 45.1 Å². The lowest BCUT2D eigenvalue weighted by atomic mass is 10.1. The number of hydrogen-bond donors (Lipinski definition) is 0. The zero-order valence-corrected chi connectivity index (χ0v) is 20.9. The fraction of sp³-hybridized carbons (Fsp3) is 0.133. The fourth-order valence-electron chi connectivity index (χ4n) is 4.26. The van der Waals surface area contributed by atoms with E-state index in [1.807, 2.05) is 120 Å². The Bertz CT molecular complexity index is 1390. The molecule has 1 aliphatic heterocycles. The van der Waals surface area contributed by atoms with Crippen LogP contribution in [0.2, 0.25) is 5.02 Å². The van der Waals surface area contributed by atoms with Gasteiger partial charge < -0.3 is 4.74 Å². The molecule has 1 heterocycles. The summed E-state index contributed by atoms with van der Waals surface area (Å²) < 4.78 is 6.33. The number of carbonyl (C=O) groups is 1. The van der Waals surface area contributed by atoms with Crippen LogP contribution in [0.15, 0.2) is 108 Å². The second-order valence-corrected chi connectivity index (χ2v) is 9.13. The molecular formula is C30H26ClN3O2. The highest BCUT2D eigenvalue weighted by molar-refractivity contribution is 6.44. The van der Waals surface area contributed by atoms with Gasteiger partial charge in [0.1, 0.15) is 12.4 Å². The summed E-state index contributed by atoms with van der Waals surface area (Å²) >= 11 is 6.05. The maximum absolute atomic E-state index is 12.8. The fourth-order valence-corrected chi connectivity index (χ4v) is 4.38. The lowest BCUT2D eigenvalue weighted by Crippen LogP contribution is -2.38. The zero-order valence-electron chi connectivity index (χ0n) is 20.1. The molecule has 1 atom stereocenters. The number of hydrogen-bond acceptors (Lipinski definition) is 5. The van der Waals surface area contributed by atoms with Crippen molar-refractivity contribution in [2.24, 2.45) is 5.10 Å². The largest absolute Gasteiger partial charge is 0.488 e. The molecule has 1 aliphatic rings. The molecule has 5 nitrogen and oxygen atoms in total. The number of ketones is 1. The van der Waals surface area contributed by atoms with Gasteiger partial charge in [-0.2, -0.15) is 0 Å². The third-order valence-corrected chi connectivity index (χ3v) is 6.31. The summed E-state index contributed by atoms with van der Waals surface area (Å²) in [6.45, 7) is 3.98. The summed E-state index contributed by atoms with van der Waals surface area (Å²) in [7, 11) is 0. The van der Waals surface area contributed by atoms with E-state index in [0.717, 1.165) is 33.8 Å². The second kappa shape index (κ2) is 10.3. The predicted octanol–water partition coefficient (Wildman–Crippen LogP) is 7.16. The molecule has 4 aromatic carbocycles. The van der Waals surface area contributed by atoms with Crippen LogP contribution >= 0.6 is 11.6 Å². The minimum Gasteiger partial charge on any atom is -0.488 e. The van der Waals surface area contributed by atoms with Crippen molar-refractivity contribution in [3.05, 3.63) is 125 Å². The molecule has 0 bridgehead atoms. The van der Waals surface area contributed by atoms with Crippen LogP contribution in [-0.2, 0) is 11.4 Å². The van der Waals surface area contributed by atoms with Gasteiger partial charge in [-0.05, 0) is 55.0 Å². The molecule has 0 saturated carbocycles. The minimum atomic E-state index is -0.421. The number of amidine groups is 1. The van der Waals surface area contributed by atoms with Crippen molar-refractivity contribution >= 4 is 34.6 Å². The average molecular weight is 496 g/mol. The number of anilines is 2. The first-order valence-electron chi connectivity index (χ1n) is 11.8. The summed E-state index contributed by atoms with van der Waals surface area (Å²) in [5, 5.41) is 7.40. The molecule has 0 N–H and O–H groups in total. The van der Waals surface area contributed by atoms with E-state index >= 15 is 0 Å². The number of Topliss-reactive ketones (excluding diaryl/α,β-unsaturated/α-hetero) is 1. The predicted molar refractivity (Wildman–Crippen MR) is 146 cm³/mol. The van der Waals surface area contributed by atoms with E-state index in [-0.39, 0.29) is 5.78 Å². The van der Waals surface area contributed by atoms with Crippen LogP contribution in [0.3, 0.4) is 0 Å². The number of carbonyl (C=O) groups excluding carboxylic acids is 1. The van der Waals surface area contributed by atoms with Crippen LogP contribution < -0.4 is 14.6 Å². The monoisotopic (exact) mass is 495 g/mol. The van der Waals surface area contributed by atoms with Crippen LogP contribution in [0, 0.1) is 6.92 Å². The number of nitrogens with zero attached hydrogens (tertiary/aromatic N) is 3. The molecule has 0 radical (unpaired) electrons. The van der Waals surface area contributed by atoms with Gasteiger partial charge in [0.2, 0.25) is 0 Å².